The standard InChI is InChI=1S/C34H36ClF2N5O5S/c1-22(43)27-20-40(29-12-11-25(18-26(27)29)39-13-15-41(16-14-39)48(2,46)47)21-32(44)42-19-24(36)17-30(42)33(45)38-31-10-6-9-28(34(31,35)37)23-7-4-3-5-8-23/h3-12,18,20,24,30-31H,13-17,19,21H2,1-2H3,(H,38,45)/t24-,30+,31?,34?/m1/s1. The molecule has 254 valence electrons. The van der Waals surface area contributed by atoms with Crippen LogP contribution < -0.4 is 10.2 Å². The van der Waals surface area contributed by atoms with Crippen LogP contribution in [0.2, 0.25) is 0 Å². The van der Waals surface area contributed by atoms with E-state index in [-0.39, 0.29) is 30.9 Å². The zero-order valence-electron chi connectivity index (χ0n) is 26.5. The van der Waals surface area contributed by atoms with E-state index in [4.69, 9.17) is 11.6 Å². The smallest absolute Gasteiger partial charge is 0.243 e. The molecule has 0 saturated carbocycles. The summed E-state index contributed by atoms with van der Waals surface area (Å²) in [5.74, 6) is -1.48. The molecule has 6 rings (SSSR count). The lowest BCUT2D eigenvalue weighted by atomic mass is 9.91. The van der Waals surface area contributed by atoms with Gasteiger partial charge in [0.15, 0.2) is 5.78 Å². The number of aromatic nitrogens is 1. The van der Waals surface area contributed by atoms with Gasteiger partial charge in [-0.15, -0.1) is 0 Å². The maximum Gasteiger partial charge on any atom is 0.243 e. The number of nitrogens with zero attached hydrogens (tertiary/aromatic N) is 4. The van der Waals surface area contributed by atoms with Crippen LogP contribution in [0.25, 0.3) is 16.5 Å². The Morgan fingerprint density at radius 1 is 1.06 bits per heavy atom. The van der Waals surface area contributed by atoms with Gasteiger partial charge in [0.2, 0.25) is 27.0 Å². The average Bonchev–Trinajstić information content (AvgIpc) is 3.62. The Morgan fingerprint density at radius 2 is 1.77 bits per heavy atom. The molecular formula is C34H36ClF2N5O5S. The van der Waals surface area contributed by atoms with E-state index >= 15 is 4.39 Å². The minimum Gasteiger partial charge on any atom is -0.369 e. The van der Waals surface area contributed by atoms with Crippen LogP contribution in [0.5, 0.6) is 0 Å². The predicted octanol–water partition coefficient (Wildman–Crippen LogP) is 3.91. The van der Waals surface area contributed by atoms with Crippen LogP contribution in [0.1, 0.15) is 29.3 Å². The molecule has 1 aliphatic carbocycles. The summed E-state index contributed by atoms with van der Waals surface area (Å²) in [6, 6.07) is 11.7. The third-order valence-electron chi connectivity index (χ3n) is 9.19. The molecule has 3 heterocycles. The number of carbonyl (C=O) groups is 3. The Bertz CT molecular complexity index is 1920. The van der Waals surface area contributed by atoms with Gasteiger partial charge in [-0.05, 0) is 30.7 Å². The van der Waals surface area contributed by atoms with Gasteiger partial charge >= 0.3 is 0 Å². The molecule has 3 aliphatic rings. The van der Waals surface area contributed by atoms with E-state index in [0.717, 1.165) is 10.6 Å². The summed E-state index contributed by atoms with van der Waals surface area (Å²) in [5, 5.41) is 0.722. The summed E-state index contributed by atoms with van der Waals surface area (Å²) in [5.41, 5.74) is 2.51. The van der Waals surface area contributed by atoms with Crippen molar-refractivity contribution in [2.75, 3.05) is 43.9 Å². The van der Waals surface area contributed by atoms with Crippen molar-refractivity contribution in [2.24, 2.45) is 0 Å². The topological polar surface area (TPSA) is 112 Å². The second-order valence-corrected chi connectivity index (χ2v) is 14.9. The number of piperazine rings is 1. The van der Waals surface area contributed by atoms with E-state index < -0.39 is 45.2 Å². The van der Waals surface area contributed by atoms with Crippen LogP contribution in [-0.4, -0.2) is 102 Å². The largest absolute Gasteiger partial charge is 0.369 e. The SMILES string of the molecule is CC(=O)c1cn(CC(=O)N2C[C@H](F)C[C@H]2C(=O)NC2C=CC=C(c3ccccc3)C2(F)Cl)c2ccc(N3CCN(S(C)(=O)=O)CC3)cc12. The molecule has 4 atom stereocenters. The normalized spacial score (nSPS) is 24.9. The number of alkyl halides is 3. The molecule has 2 unspecified atom stereocenters. The second-order valence-electron chi connectivity index (χ2n) is 12.4. The Balaban J connectivity index is 1.18. The number of sulfonamides is 1. The molecule has 2 aliphatic heterocycles. The van der Waals surface area contributed by atoms with Crippen LogP contribution in [-0.2, 0) is 26.2 Å². The highest BCUT2D eigenvalue weighted by molar-refractivity contribution is 7.88. The van der Waals surface area contributed by atoms with Crippen LogP contribution in [0, 0.1) is 0 Å². The number of hydrogen-bond acceptors (Lipinski definition) is 6. The number of anilines is 1. The first-order chi connectivity index (χ1) is 22.7. The van der Waals surface area contributed by atoms with E-state index in [1.54, 1.807) is 53.2 Å². The molecule has 0 radical (unpaired) electrons. The number of benzene rings is 2. The molecule has 48 heavy (non-hydrogen) atoms. The summed E-state index contributed by atoms with van der Waals surface area (Å²) in [7, 11) is -3.29. The van der Waals surface area contributed by atoms with E-state index in [1.807, 2.05) is 17.0 Å². The fraction of sp³-hybridized carbons (Fsp3) is 0.382. The van der Waals surface area contributed by atoms with Crippen molar-refractivity contribution in [1.82, 2.24) is 19.1 Å². The first-order valence-corrected chi connectivity index (χ1v) is 17.9. The monoisotopic (exact) mass is 699 g/mol. The quantitative estimate of drug-likeness (QED) is 0.282. The molecule has 2 saturated heterocycles. The lowest BCUT2D eigenvalue weighted by Gasteiger charge is -2.34. The molecule has 10 nitrogen and oxygen atoms in total. The fourth-order valence-corrected chi connectivity index (χ4v) is 7.80. The van der Waals surface area contributed by atoms with Gasteiger partial charge in [-0.2, -0.15) is 4.31 Å². The molecule has 2 amide bonds. The van der Waals surface area contributed by atoms with Crippen molar-refractivity contribution in [1.29, 1.82) is 0 Å². The van der Waals surface area contributed by atoms with Gasteiger partial charge in [0.05, 0.1) is 12.8 Å². The fourth-order valence-electron chi connectivity index (χ4n) is 6.67. The number of halogens is 3. The van der Waals surface area contributed by atoms with E-state index in [2.05, 4.69) is 5.32 Å². The van der Waals surface area contributed by atoms with Crippen LogP contribution >= 0.6 is 11.6 Å². The third-order valence-corrected chi connectivity index (χ3v) is 10.9. The molecule has 1 N–H and O–H groups in total. The minimum absolute atomic E-state index is 0.167. The van der Waals surface area contributed by atoms with Crippen molar-refractivity contribution in [3.63, 3.8) is 0 Å². The molecule has 3 aromatic rings. The Kier molecular flexibility index (Phi) is 9.22. The van der Waals surface area contributed by atoms with Gasteiger partial charge in [0, 0.05) is 66.5 Å². The number of hydrogen-bond donors (Lipinski definition) is 1. The van der Waals surface area contributed by atoms with E-state index in [1.165, 1.54) is 29.6 Å². The summed E-state index contributed by atoms with van der Waals surface area (Å²) in [6.45, 7) is 2.48. The number of nitrogens with one attached hydrogen (secondary N) is 1. The number of rotatable bonds is 8. The molecule has 2 fully saturated rings. The van der Waals surface area contributed by atoms with E-state index in [9.17, 15) is 27.2 Å². The zero-order valence-corrected chi connectivity index (χ0v) is 28.1. The number of ketones is 1. The minimum atomic E-state index is -3.29. The number of fused-ring (bicyclic) bond motifs is 1. The first kappa shape index (κ1) is 33.8. The number of amides is 2. The van der Waals surface area contributed by atoms with Gasteiger partial charge in [-0.25, -0.2) is 17.2 Å². The highest BCUT2D eigenvalue weighted by Gasteiger charge is 2.46. The van der Waals surface area contributed by atoms with E-state index in [0.29, 0.717) is 48.2 Å². The second kappa shape index (κ2) is 13.1. The lowest BCUT2D eigenvalue weighted by molar-refractivity contribution is -0.139. The average molecular weight is 700 g/mol. The van der Waals surface area contributed by atoms with Gasteiger partial charge in [-0.1, -0.05) is 60.2 Å². The van der Waals surface area contributed by atoms with Gasteiger partial charge in [0.1, 0.15) is 24.8 Å². The van der Waals surface area contributed by atoms with Gasteiger partial charge < -0.3 is 19.7 Å². The molecule has 2 aromatic carbocycles. The van der Waals surface area contributed by atoms with Crippen LogP contribution in [0.15, 0.2) is 73.0 Å². The maximum atomic E-state index is 16.0. The van der Waals surface area contributed by atoms with Crippen molar-refractivity contribution >= 4 is 61.4 Å². The zero-order chi connectivity index (χ0) is 34.4. The summed E-state index contributed by atoms with van der Waals surface area (Å²) >= 11 is 6.38. The summed E-state index contributed by atoms with van der Waals surface area (Å²) < 4.78 is 57.7. The van der Waals surface area contributed by atoms with Crippen LogP contribution in [0.4, 0.5) is 14.5 Å². The molecular weight excluding hydrogens is 664 g/mol. The Morgan fingerprint density at radius 3 is 2.44 bits per heavy atom. The first-order valence-electron chi connectivity index (χ1n) is 15.6. The molecule has 0 spiro atoms. The molecule has 1 aromatic heterocycles. The van der Waals surface area contributed by atoms with Crippen molar-refractivity contribution in [3.8, 4) is 0 Å². The number of Topliss-reactive ketones (excluding diaryl/α,β-unsaturated/α-hetero) is 1. The van der Waals surface area contributed by atoms with Gasteiger partial charge in [-0.3, -0.25) is 14.4 Å². The van der Waals surface area contributed by atoms with Crippen molar-refractivity contribution in [3.05, 3.63) is 84.1 Å². The summed E-state index contributed by atoms with van der Waals surface area (Å²) in [4.78, 5) is 43.0. The van der Waals surface area contributed by atoms with Crippen molar-refractivity contribution in [2.45, 2.75) is 43.3 Å². The highest BCUT2D eigenvalue weighted by atomic mass is 35.5. The number of carbonyl (C=O) groups excluding carboxylic acids is 3. The molecule has 14 heteroatoms. The Labute approximate surface area is 282 Å². The lowest BCUT2D eigenvalue weighted by Crippen LogP contribution is -2.54. The molecule has 0 bridgehead atoms. The predicted molar refractivity (Wildman–Crippen MR) is 181 cm³/mol. The number of likely N-dealkylation sites (tertiary alicyclic amines) is 1. The number of allylic oxidation sites excluding steroid dienone is 2. The maximum absolute atomic E-state index is 16.0. The van der Waals surface area contributed by atoms with Crippen molar-refractivity contribution < 1.29 is 31.6 Å². The Hall–Kier alpha value is -4.07. The van der Waals surface area contributed by atoms with Gasteiger partial charge in [0.25, 0.3) is 0 Å². The highest BCUT2D eigenvalue weighted by Crippen LogP contribution is 2.41. The third kappa shape index (κ3) is 6.63. The summed E-state index contributed by atoms with van der Waals surface area (Å²) in [6.07, 6.45) is 5.59. The van der Waals surface area contributed by atoms with Crippen LogP contribution in [0.3, 0.4) is 0 Å².